The second kappa shape index (κ2) is 9.01. The van der Waals surface area contributed by atoms with Crippen molar-refractivity contribution in [3.05, 3.63) is 70.3 Å². The van der Waals surface area contributed by atoms with Gasteiger partial charge in [-0.1, -0.05) is 53.2 Å². The number of aromatic nitrogens is 5. The number of aryl methyl sites for hydroxylation is 1. The minimum atomic E-state index is -0.229. The van der Waals surface area contributed by atoms with Gasteiger partial charge in [0.1, 0.15) is 5.82 Å². The Kier molecular flexibility index (Phi) is 6.17. The molecule has 11 heteroatoms. The van der Waals surface area contributed by atoms with Gasteiger partial charge >= 0.3 is 0 Å². The van der Waals surface area contributed by atoms with Crippen molar-refractivity contribution in [3.63, 3.8) is 0 Å². The molecule has 3 N–H and O–H groups in total. The number of halogens is 2. The minimum Gasteiger partial charge on any atom is -0.335 e. The van der Waals surface area contributed by atoms with E-state index >= 15 is 0 Å². The molecule has 4 aromatic rings. The first-order valence-electron chi connectivity index (χ1n) is 9.13. The van der Waals surface area contributed by atoms with Gasteiger partial charge in [-0.25, -0.2) is 9.36 Å². The van der Waals surface area contributed by atoms with Crippen LogP contribution in [0.4, 0.5) is 5.82 Å². The number of nitrogen functional groups attached to an aromatic ring is 1. The highest BCUT2D eigenvalue weighted by molar-refractivity contribution is 7.99. The van der Waals surface area contributed by atoms with Gasteiger partial charge in [0.05, 0.1) is 22.2 Å². The number of carbonyl (C=O) groups excluding carboxylic acids is 1. The molecule has 2 aromatic carbocycles. The van der Waals surface area contributed by atoms with E-state index in [2.05, 4.69) is 20.6 Å². The summed E-state index contributed by atoms with van der Waals surface area (Å²) < 4.78 is 2.97. The molecule has 8 nitrogen and oxygen atoms in total. The highest BCUT2D eigenvalue weighted by atomic mass is 35.5. The molecule has 0 fully saturated rings. The average Bonchev–Trinajstić information content (AvgIpc) is 3.31. The maximum atomic E-state index is 12.6. The summed E-state index contributed by atoms with van der Waals surface area (Å²) in [6.45, 7) is 1.86. The lowest BCUT2D eigenvalue weighted by molar-refractivity contribution is -0.113. The number of hydrogen-bond acceptors (Lipinski definition) is 6. The molecule has 2 aromatic heterocycles. The van der Waals surface area contributed by atoms with E-state index in [0.717, 1.165) is 23.1 Å². The normalized spacial score (nSPS) is 10.9. The fourth-order valence-electron chi connectivity index (χ4n) is 2.89. The van der Waals surface area contributed by atoms with Crippen LogP contribution >= 0.6 is 35.0 Å². The standard InChI is InChI=1S/C20H17Cl2N7OS/c1-12-9-17(29(27-12)14-5-3-2-4-6-14)24-18(30)11-31-20-26-25-19(28(20)23)15-10-13(21)7-8-16(15)22/h2-10H,11,23H2,1H3,(H,24,30). The quantitative estimate of drug-likeness (QED) is 0.321. The van der Waals surface area contributed by atoms with Crippen molar-refractivity contribution in [2.24, 2.45) is 0 Å². The summed E-state index contributed by atoms with van der Waals surface area (Å²) in [6, 6.07) is 16.4. The number of carbonyl (C=O) groups is 1. The highest BCUT2D eigenvalue weighted by Crippen LogP contribution is 2.30. The summed E-state index contributed by atoms with van der Waals surface area (Å²) in [6.07, 6.45) is 0. The van der Waals surface area contributed by atoms with Crippen LogP contribution in [0.5, 0.6) is 0 Å². The summed E-state index contributed by atoms with van der Waals surface area (Å²) in [7, 11) is 0. The Labute approximate surface area is 192 Å². The average molecular weight is 474 g/mol. The smallest absolute Gasteiger partial charge is 0.236 e. The lowest BCUT2D eigenvalue weighted by Gasteiger charge is -2.09. The van der Waals surface area contributed by atoms with Gasteiger partial charge in [-0.05, 0) is 37.3 Å². The van der Waals surface area contributed by atoms with Crippen LogP contribution in [0.1, 0.15) is 5.69 Å². The third-order valence-electron chi connectivity index (χ3n) is 4.27. The van der Waals surface area contributed by atoms with Crippen molar-refractivity contribution in [2.75, 3.05) is 16.9 Å². The van der Waals surface area contributed by atoms with Crippen molar-refractivity contribution < 1.29 is 4.79 Å². The Hall–Kier alpha value is -3.01. The number of nitrogens with two attached hydrogens (primary N) is 1. The van der Waals surface area contributed by atoms with Crippen LogP contribution in [0.2, 0.25) is 10.0 Å². The van der Waals surface area contributed by atoms with Crippen LogP contribution in [0, 0.1) is 6.92 Å². The van der Waals surface area contributed by atoms with Crippen LogP contribution in [-0.4, -0.2) is 36.3 Å². The van der Waals surface area contributed by atoms with E-state index in [1.165, 1.54) is 4.68 Å². The Bertz CT molecular complexity index is 1240. The van der Waals surface area contributed by atoms with Gasteiger partial charge in [0, 0.05) is 16.7 Å². The highest BCUT2D eigenvalue weighted by Gasteiger charge is 2.17. The predicted molar refractivity (Wildman–Crippen MR) is 123 cm³/mol. The van der Waals surface area contributed by atoms with Gasteiger partial charge in [0.25, 0.3) is 0 Å². The Balaban J connectivity index is 1.46. The first-order valence-corrected chi connectivity index (χ1v) is 10.9. The van der Waals surface area contributed by atoms with Gasteiger partial charge in [-0.15, -0.1) is 10.2 Å². The zero-order chi connectivity index (χ0) is 22.0. The van der Waals surface area contributed by atoms with Crippen molar-refractivity contribution >= 4 is 46.7 Å². The molecule has 0 bridgehead atoms. The summed E-state index contributed by atoms with van der Waals surface area (Å²) in [5.41, 5.74) is 2.20. The number of nitrogens with zero attached hydrogens (tertiary/aromatic N) is 5. The first-order chi connectivity index (χ1) is 14.9. The number of thioether (sulfide) groups is 1. The monoisotopic (exact) mass is 473 g/mol. The van der Waals surface area contributed by atoms with E-state index in [0.29, 0.717) is 32.4 Å². The lowest BCUT2D eigenvalue weighted by Crippen LogP contribution is -2.18. The molecule has 0 aliphatic carbocycles. The number of rotatable bonds is 6. The summed E-state index contributed by atoms with van der Waals surface area (Å²) >= 11 is 13.4. The Morgan fingerprint density at radius 3 is 2.68 bits per heavy atom. The molecule has 158 valence electrons. The van der Waals surface area contributed by atoms with Crippen LogP contribution in [0.25, 0.3) is 17.1 Å². The number of anilines is 1. The first kappa shape index (κ1) is 21.2. The van der Waals surface area contributed by atoms with Crippen LogP contribution in [0.3, 0.4) is 0 Å². The van der Waals surface area contributed by atoms with Gasteiger partial charge in [0.2, 0.25) is 11.1 Å². The van der Waals surface area contributed by atoms with E-state index in [9.17, 15) is 4.79 Å². The largest absolute Gasteiger partial charge is 0.335 e. The van der Waals surface area contributed by atoms with Gasteiger partial charge in [0.15, 0.2) is 5.82 Å². The SMILES string of the molecule is Cc1cc(NC(=O)CSc2nnc(-c3cc(Cl)ccc3Cl)n2N)n(-c2ccccc2)n1. The Morgan fingerprint density at radius 1 is 1.13 bits per heavy atom. The predicted octanol–water partition coefficient (Wildman–Crippen LogP) is 4.19. The Morgan fingerprint density at radius 2 is 1.90 bits per heavy atom. The number of benzene rings is 2. The molecule has 0 aliphatic heterocycles. The van der Waals surface area contributed by atoms with E-state index < -0.39 is 0 Å². The second-order valence-corrected chi connectivity index (χ2v) is 8.34. The van der Waals surface area contributed by atoms with Gasteiger partial charge < -0.3 is 11.2 Å². The molecule has 0 atom stereocenters. The zero-order valence-corrected chi connectivity index (χ0v) is 18.6. The topological polar surface area (TPSA) is 104 Å². The van der Waals surface area contributed by atoms with E-state index in [1.807, 2.05) is 37.3 Å². The third kappa shape index (κ3) is 4.68. The fourth-order valence-corrected chi connectivity index (χ4v) is 3.92. The second-order valence-electron chi connectivity index (χ2n) is 6.56. The van der Waals surface area contributed by atoms with Crippen LogP contribution in [-0.2, 0) is 4.79 Å². The van der Waals surface area contributed by atoms with E-state index in [1.54, 1.807) is 28.9 Å². The maximum Gasteiger partial charge on any atom is 0.236 e. The molecule has 0 unspecified atom stereocenters. The van der Waals surface area contributed by atoms with E-state index in [-0.39, 0.29) is 11.7 Å². The van der Waals surface area contributed by atoms with Crippen molar-refractivity contribution in [2.45, 2.75) is 12.1 Å². The molecule has 1 amide bonds. The molecular formula is C20H17Cl2N7OS. The van der Waals surface area contributed by atoms with Crippen LogP contribution < -0.4 is 11.2 Å². The van der Waals surface area contributed by atoms with Crippen molar-refractivity contribution in [1.29, 1.82) is 0 Å². The molecule has 2 heterocycles. The van der Waals surface area contributed by atoms with E-state index in [4.69, 9.17) is 29.0 Å². The summed E-state index contributed by atoms with van der Waals surface area (Å²) in [5, 5.41) is 16.8. The number of nitrogens with one attached hydrogen (secondary N) is 1. The molecular weight excluding hydrogens is 457 g/mol. The molecule has 0 aliphatic rings. The molecule has 4 rings (SSSR count). The van der Waals surface area contributed by atoms with Gasteiger partial charge in [-0.2, -0.15) is 5.10 Å². The molecule has 0 saturated carbocycles. The van der Waals surface area contributed by atoms with Crippen molar-refractivity contribution in [3.8, 4) is 17.1 Å². The molecule has 31 heavy (non-hydrogen) atoms. The minimum absolute atomic E-state index is 0.0810. The lowest BCUT2D eigenvalue weighted by atomic mass is 10.2. The van der Waals surface area contributed by atoms with Gasteiger partial charge in [-0.3, -0.25) is 4.79 Å². The summed E-state index contributed by atoms with van der Waals surface area (Å²) in [4.78, 5) is 12.6. The number of hydrogen-bond donors (Lipinski definition) is 2. The fraction of sp³-hybridized carbons (Fsp3) is 0.100. The van der Waals surface area contributed by atoms with Crippen molar-refractivity contribution in [1.82, 2.24) is 24.7 Å². The number of para-hydroxylation sites is 1. The molecule has 0 saturated heterocycles. The summed E-state index contributed by atoms with van der Waals surface area (Å²) in [5.74, 6) is 6.91. The third-order valence-corrected chi connectivity index (χ3v) is 5.77. The zero-order valence-electron chi connectivity index (χ0n) is 16.3. The maximum absolute atomic E-state index is 12.6. The molecule has 0 spiro atoms. The molecule has 0 radical (unpaired) electrons. The number of amides is 1. The van der Waals surface area contributed by atoms with Crippen LogP contribution in [0.15, 0.2) is 59.8 Å².